The number of hydrogen-bond donors (Lipinski definition) is 1. The van der Waals surface area contributed by atoms with Crippen molar-refractivity contribution >= 4 is 23.8 Å². The Labute approximate surface area is 168 Å². The average Bonchev–Trinajstić information content (AvgIpc) is 3.04. The lowest BCUT2D eigenvalue weighted by atomic mass is 9.98. The third kappa shape index (κ3) is 3.92. The van der Waals surface area contributed by atoms with Gasteiger partial charge in [-0.2, -0.15) is 0 Å². The van der Waals surface area contributed by atoms with Crippen molar-refractivity contribution in [2.75, 3.05) is 13.2 Å². The first-order valence-electron chi connectivity index (χ1n) is 9.09. The first kappa shape index (κ1) is 18.3. The smallest absolute Gasteiger partial charge is 0.407 e. The summed E-state index contributed by atoms with van der Waals surface area (Å²) in [6, 6.07) is 20.0. The monoisotopic (exact) mass is 390 g/mol. The summed E-state index contributed by atoms with van der Waals surface area (Å²) in [5.41, 5.74) is 5.56. The first-order valence-corrected chi connectivity index (χ1v) is 9.47. The molecule has 1 heterocycles. The number of carbonyl (C=O) groups excluding carboxylic acids is 1. The molecule has 5 heteroatoms. The number of aromatic nitrogens is 1. The number of nitrogens with zero attached hydrogens (tertiary/aromatic N) is 1. The van der Waals surface area contributed by atoms with Crippen LogP contribution in [-0.2, 0) is 4.74 Å². The van der Waals surface area contributed by atoms with Gasteiger partial charge >= 0.3 is 6.09 Å². The molecule has 0 bridgehead atoms. The van der Waals surface area contributed by atoms with Crippen molar-refractivity contribution in [1.29, 1.82) is 0 Å². The van der Waals surface area contributed by atoms with Gasteiger partial charge in [0.05, 0.1) is 5.69 Å². The van der Waals surface area contributed by atoms with Gasteiger partial charge in [0.2, 0.25) is 0 Å². The largest absolute Gasteiger partial charge is 0.449 e. The zero-order chi connectivity index (χ0) is 19.3. The molecule has 0 atom stereocenters. The van der Waals surface area contributed by atoms with E-state index < -0.39 is 6.09 Å². The standard InChI is InChI=1S/C23H19ClN2O2/c24-16-11-13-25-17(14-16)6-5-12-26-23(27)28-15-22-20-9-3-1-7-18(20)19-8-2-4-10-21(19)22/h1-11,13-14,22H,12,15H2,(H,26,27). The summed E-state index contributed by atoms with van der Waals surface area (Å²) in [5, 5.41) is 3.35. The Hall–Kier alpha value is -3.11. The van der Waals surface area contributed by atoms with Crippen LogP contribution in [0, 0.1) is 0 Å². The summed E-state index contributed by atoms with van der Waals surface area (Å²) in [7, 11) is 0. The van der Waals surface area contributed by atoms with E-state index in [1.165, 1.54) is 22.3 Å². The van der Waals surface area contributed by atoms with Gasteiger partial charge in [0.15, 0.2) is 0 Å². The van der Waals surface area contributed by atoms with Gasteiger partial charge in [-0.25, -0.2) is 4.79 Å². The highest BCUT2D eigenvalue weighted by Gasteiger charge is 2.28. The van der Waals surface area contributed by atoms with E-state index in [1.54, 1.807) is 30.5 Å². The minimum Gasteiger partial charge on any atom is -0.449 e. The zero-order valence-electron chi connectivity index (χ0n) is 15.1. The summed E-state index contributed by atoms with van der Waals surface area (Å²) in [6.45, 7) is 0.657. The first-order chi connectivity index (χ1) is 13.7. The van der Waals surface area contributed by atoms with Crippen LogP contribution in [0.2, 0.25) is 5.02 Å². The Kier molecular flexibility index (Phi) is 5.40. The van der Waals surface area contributed by atoms with Crippen molar-refractivity contribution in [3.05, 3.63) is 94.8 Å². The van der Waals surface area contributed by atoms with Crippen molar-refractivity contribution in [1.82, 2.24) is 10.3 Å². The summed E-state index contributed by atoms with van der Waals surface area (Å²) in [6.07, 6.45) is 4.81. The number of hydrogen-bond acceptors (Lipinski definition) is 3. The van der Waals surface area contributed by atoms with Crippen molar-refractivity contribution in [2.45, 2.75) is 5.92 Å². The van der Waals surface area contributed by atoms with Crippen molar-refractivity contribution in [2.24, 2.45) is 0 Å². The fourth-order valence-corrected chi connectivity index (χ4v) is 3.65. The van der Waals surface area contributed by atoms with Crippen LogP contribution in [0.4, 0.5) is 4.79 Å². The summed E-state index contributed by atoms with van der Waals surface area (Å²) < 4.78 is 5.49. The Bertz CT molecular complexity index is 987. The number of ether oxygens (including phenoxy) is 1. The highest BCUT2D eigenvalue weighted by molar-refractivity contribution is 6.30. The lowest BCUT2D eigenvalue weighted by Gasteiger charge is -2.14. The quantitative estimate of drug-likeness (QED) is 0.644. The van der Waals surface area contributed by atoms with E-state index in [2.05, 4.69) is 34.6 Å². The molecule has 0 spiro atoms. The molecule has 1 aliphatic carbocycles. The van der Waals surface area contributed by atoms with Crippen molar-refractivity contribution in [3.8, 4) is 11.1 Å². The van der Waals surface area contributed by atoms with Crippen LogP contribution < -0.4 is 5.32 Å². The zero-order valence-corrected chi connectivity index (χ0v) is 15.9. The Morgan fingerprint density at radius 1 is 1.07 bits per heavy atom. The second kappa shape index (κ2) is 8.28. The number of carbonyl (C=O) groups is 1. The van der Waals surface area contributed by atoms with E-state index in [0.717, 1.165) is 5.69 Å². The number of rotatable bonds is 5. The van der Waals surface area contributed by atoms with Gasteiger partial charge in [0, 0.05) is 23.7 Å². The predicted octanol–water partition coefficient (Wildman–Crippen LogP) is 5.29. The number of fused-ring (bicyclic) bond motifs is 3. The number of halogens is 1. The maximum atomic E-state index is 12.1. The lowest BCUT2D eigenvalue weighted by molar-refractivity contribution is 0.144. The molecule has 1 aromatic heterocycles. The Morgan fingerprint density at radius 3 is 2.43 bits per heavy atom. The molecule has 0 unspecified atom stereocenters. The molecular weight excluding hydrogens is 372 g/mol. The van der Waals surface area contributed by atoms with Crippen LogP contribution in [0.25, 0.3) is 17.2 Å². The number of benzene rings is 2. The van der Waals surface area contributed by atoms with Crippen LogP contribution in [0.1, 0.15) is 22.7 Å². The van der Waals surface area contributed by atoms with Gasteiger partial charge in [0.1, 0.15) is 6.61 Å². The number of alkyl carbamates (subject to hydrolysis) is 1. The molecule has 3 aromatic rings. The minimum atomic E-state index is -0.439. The molecule has 1 aliphatic rings. The van der Waals surface area contributed by atoms with Gasteiger partial charge in [-0.15, -0.1) is 0 Å². The fraction of sp³-hybridized carbons (Fsp3) is 0.130. The van der Waals surface area contributed by atoms with Crippen LogP contribution in [-0.4, -0.2) is 24.2 Å². The molecule has 0 fully saturated rings. The summed E-state index contributed by atoms with van der Waals surface area (Å²) in [4.78, 5) is 16.3. The summed E-state index contributed by atoms with van der Waals surface area (Å²) >= 11 is 5.92. The third-order valence-corrected chi connectivity index (χ3v) is 4.97. The maximum absolute atomic E-state index is 12.1. The van der Waals surface area contributed by atoms with Crippen molar-refractivity contribution < 1.29 is 9.53 Å². The molecular formula is C23H19ClN2O2. The van der Waals surface area contributed by atoms with E-state index in [4.69, 9.17) is 16.3 Å². The fourth-order valence-electron chi connectivity index (χ4n) is 3.48. The predicted molar refractivity (Wildman–Crippen MR) is 111 cm³/mol. The van der Waals surface area contributed by atoms with E-state index in [-0.39, 0.29) is 5.92 Å². The van der Waals surface area contributed by atoms with E-state index in [0.29, 0.717) is 18.2 Å². The Morgan fingerprint density at radius 2 is 1.75 bits per heavy atom. The van der Waals surface area contributed by atoms with Gasteiger partial charge in [-0.1, -0.05) is 66.2 Å². The highest BCUT2D eigenvalue weighted by atomic mass is 35.5. The topological polar surface area (TPSA) is 51.2 Å². The molecule has 0 radical (unpaired) electrons. The highest BCUT2D eigenvalue weighted by Crippen LogP contribution is 2.44. The SMILES string of the molecule is O=C(NCC=Cc1cc(Cl)ccn1)OCC1c2ccccc2-c2ccccc21. The molecule has 0 saturated heterocycles. The number of amides is 1. The molecule has 2 aromatic carbocycles. The van der Waals surface area contributed by atoms with Gasteiger partial charge in [-0.05, 0) is 40.5 Å². The molecule has 28 heavy (non-hydrogen) atoms. The van der Waals surface area contributed by atoms with Crippen LogP contribution in [0.5, 0.6) is 0 Å². The Balaban J connectivity index is 1.34. The molecule has 0 saturated carbocycles. The number of pyridine rings is 1. The van der Waals surface area contributed by atoms with E-state index >= 15 is 0 Å². The van der Waals surface area contributed by atoms with Crippen molar-refractivity contribution in [3.63, 3.8) is 0 Å². The average molecular weight is 391 g/mol. The van der Waals surface area contributed by atoms with Crippen LogP contribution >= 0.6 is 11.6 Å². The van der Waals surface area contributed by atoms with Crippen LogP contribution in [0.3, 0.4) is 0 Å². The normalized spacial score (nSPS) is 12.6. The second-order valence-electron chi connectivity index (χ2n) is 6.51. The van der Waals surface area contributed by atoms with E-state index in [9.17, 15) is 4.79 Å². The molecule has 1 amide bonds. The van der Waals surface area contributed by atoms with Crippen LogP contribution in [0.15, 0.2) is 72.9 Å². The second-order valence-corrected chi connectivity index (χ2v) is 6.94. The molecule has 0 aliphatic heterocycles. The molecule has 4 rings (SSSR count). The minimum absolute atomic E-state index is 0.0596. The van der Waals surface area contributed by atoms with Gasteiger partial charge < -0.3 is 10.1 Å². The third-order valence-electron chi connectivity index (χ3n) is 4.74. The molecule has 1 N–H and O–H groups in total. The number of nitrogens with one attached hydrogen (secondary N) is 1. The summed E-state index contributed by atoms with van der Waals surface area (Å²) in [5.74, 6) is 0.0596. The lowest BCUT2D eigenvalue weighted by Crippen LogP contribution is -2.26. The van der Waals surface area contributed by atoms with Gasteiger partial charge in [0.25, 0.3) is 0 Å². The molecule has 140 valence electrons. The maximum Gasteiger partial charge on any atom is 0.407 e. The van der Waals surface area contributed by atoms with E-state index in [1.807, 2.05) is 24.3 Å². The van der Waals surface area contributed by atoms with Gasteiger partial charge in [-0.3, -0.25) is 4.98 Å². The molecule has 4 nitrogen and oxygen atoms in total.